The van der Waals surface area contributed by atoms with E-state index in [0.29, 0.717) is 39.8 Å². The van der Waals surface area contributed by atoms with Crippen molar-refractivity contribution in [1.29, 1.82) is 0 Å². The monoisotopic (exact) mass is 361 g/mol. The molecule has 0 aliphatic carbocycles. The van der Waals surface area contributed by atoms with Crippen molar-refractivity contribution < 1.29 is 13.9 Å². The third-order valence-corrected chi connectivity index (χ3v) is 3.90. The van der Waals surface area contributed by atoms with Gasteiger partial charge < -0.3 is 25.4 Å². The first kappa shape index (κ1) is 16.8. The average molecular weight is 361 g/mol. The summed E-state index contributed by atoms with van der Waals surface area (Å²) in [5.41, 5.74) is 11.7. The SMILES string of the molecule is COc1ccc(-c2nnc(SCc3nc(N)nc(N)n3)o2)c(OC)c1. The van der Waals surface area contributed by atoms with Crippen LogP contribution in [0.2, 0.25) is 0 Å². The molecule has 11 heteroatoms. The van der Waals surface area contributed by atoms with Gasteiger partial charge in [0.05, 0.1) is 25.5 Å². The fourth-order valence-electron chi connectivity index (χ4n) is 2.00. The molecule has 0 bridgehead atoms. The first-order valence-electron chi connectivity index (χ1n) is 7.03. The van der Waals surface area contributed by atoms with Crippen LogP contribution in [-0.2, 0) is 5.75 Å². The lowest BCUT2D eigenvalue weighted by Gasteiger charge is -2.07. The van der Waals surface area contributed by atoms with Gasteiger partial charge in [-0.1, -0.05) is 11.8 Å². The highest BCUT2D eigenvalue weighted by molar-refractivity contribution is 7.98. The standard InChI is InChI=1S/C14H15N7O3S/c1-22-7-3-4-8(9(5-7)23-2)11-20-21-14(24-11)25-6-10-17-12(15)19-13(16)18-10/h3-5H,6H2,1-2H3,(H4,15,16,17,18,19). The first-order valence-corrected chi connectivity index (χ1v) is 8.02. The summed E-state index contributed by atoms with van der Waals surface area (Å²) in [5.74, 6) is 2.48. The molecule has 0 aliphatic heterocycles. The number of thioether (sulfide) groups is 1. The van der Waals surface area contributed by atoms with Crippen molar-refractivity contribution in [3.63, 3.8) is 0 Å². The van der Waals surface area contributed by atoms with Crippen LogP contribution in [0.4, 0.5) is 11.9 Å². The molecular formula is C14H15N7O3S. The van der Waals surface area contributed by atoms with Gasteiger partial charge in [-0.25, -0.2) is 0 Å². The Morgan fingerprint density at radius 1 is 1.04 bits per heavy atom. The molecule has 2 heterocycles. The number of benzene rings is 1. The molecule has 0 saturated carbocycles. The van der Waals surface area contributed by atoms with Crippen molar-refractivity contribution in [3.05, 3.63) is 24.0 Å². The van der Waals surface area contributed by atoms with Gasteiger partial charge in [-0.2, -0.15) is 15.0 Å². The van der Waals surface area contributed by atoms with E-state index in [1.165, 1.54) is 11.8 Å². The lowest BCUT2D eigenvalue weighted by molar-refractivity contribution is 0.393. The molecule has 0 atom stereocenters. The summed E-state index contributed by atoms with van der Waals surface area (Å²) in [6.45, 7) is 0. The lowest BCUT2D eigenvalue weighted by atomic mass is 10.2. The highest BCUT2D eigenvalue weighted by Crippen LogP contribution is 2.34. The van der Waals surface area contributed by atoms with Crippen molar-refractivity contribution in [2.24, 2.45) is 0 Å². The molecular weight excluding hydrogens is 346 g/mol. The number of rotatable bonds is 6. The van der Waals surface area contributed by atoms with Crippen LogP contribution in [-0.4, -0.2) is 39.4 Å². The molecule has 0 fully saturated rings. The fraction of sp³-hybridized carbons (Fsp3) is 0.214. The number of nitrogens with two attached hydrogens (primary N) is 2. The summed E-state index contributed by atoms with van der Waals surface area (Å²) in [7, 11) is 3.14. The minimum absolute atomic E-state index is 0.0669. The molecule has 0 saturated heterocycles. The summed E-state index contributed by atoms with van der Waals surface area (Å²) < 4.78 is 16.2. The number of nitrogens with zero attached hydrogens (tertiary/aromatic N) is 5. The molecule has 2 aromatic heterocycles. The molecule has 130 valence electrons. The van der Waals surface area contributed by atoms with Gasteiger partial charge in [0.1, 0.15) is 17.3 Å². The van der Waals surface area contributed by atoms with E-state index in [2.05, 4.69) is 25.1 Å². The Kier molecular flexibility index (Phi) is 4.84. The molecule has 0 unspecified atom stereocenters. The average Bonchev–Trinajstić information content (AvgIpc) is 3.07. The van der Waals surface area contributed by atoms with E-state index in [1.54, 1.807) is 32.4 Å². The van der Waals surface area contributed by atoms with Gasteiger partial charge >= 0.3 is 0 Å². The zero-order valence-corrected chi connectivity index (χ0v) is 14.3. The minimum Gasteiger partial charge on any atom is -0.497 e. The Morgan fingerprint density at radius 2 is 1.80 bits per heavy atom. The van der Waals surface area contributed by atoms with Crippen molar-refractivity contribution in [2.45, 2.75) is 11.0 Å². The number of hydrogen-bond donors (Lipinski definition) is 2. The summed E-state index contributed by atoms with van der Waals surface area (Å²) in [4.78, 5) is 11.7. The Morgan fingerprint density at radius 3 is 2.48 bits per heavy atom. The predicted molar refractivity (Wildman–Crippen MR) is 91.1 cm³/mol. The summed E-state index contributed by atoms with van der Waals surface area (Å²) in [6, 6.07) is 5.31. The second-order valence-corrected chi connectivity index (χ2v) is 5.62. The second-order valence-electron chi connectivity index (χ2n) is 4.70. The minimum atomic E-state index is 0.0669. The molecule has 25 heavy (non-hydrogen) atoms. The van der Waals surface area contributed by atoms with E-state index in [1.807, 2.05) is 0 Å². The van der Waals surface area contributed by atoms with Crippen molar-refractivity contribution in [1.82, 2.24) is 25.1 Å². The summed E-state index contributed by atoms with van der Waals surface area (Å²) >= 11 is 1.26. The maximum absolute atomic E-state index is 5.65. The zero-order chi connectivity index (χ0) is 17.8. The highest BCUT2D eigenvalue weighted by Gasteiger charge is 2.15. The third kappa shape index (κ3) is 3.88. The topological polar surface area (TPSA) is 148 Å². The smallest absolute Gasteiger partial charge is 0.277 e. The van der Waals surface area contributed by atoms with Crippen LogP contribution in [0.5, 0.6) is 11.5 Å². The van der Waals surface area contributed by atoms with Gasteiger partial charge in [0.25, 0.3) is 11.1 Å². The molecule has 3 rings (SSSR count). The van der Waals surface area contributed by atoms with Crippen LogP contribution in [0, 0.1) is 0 Å². The molecule has 0 aliphatic rings. The lowest BCUT2D eigenvalue weighted by Crippen LogP contribution is -2.05. The number of hydrogen-bond acceptors (Lipinski definition) is 11. The fourth-order valence-corrected chi connectivity index (χ4v) is 2.62. The van der Waals surface area contributed by atoms with Crippen LogP contribution in [0.3, 0.4) is 0 Å². The van der Waals surface area contributed by atoms with Gasteiger partial charge in [-0.15, -0.1) is 10.2 Å². The molecule has 0 amide bonds. The van der Waals surface area contributed by atoms with Gasteiger partial charge in [0, 0.05) is 6.07 Å². The largest absolute Gasteiger partial charge is 0.497 e. The van der Waals surface area contributed by atoms with E-state index in [0.717, 1.165) is 0 Å². The normalized spacial score (nSPS) is 10.6. The van der Waals surface area contributed by atoms with Gasteiger partial charge in [-0.3, -0.25) is 0 Å². The molecule has 10 nitrogen and oxygen atoms in total. The molecule has 3 aromatic rings. The Balaban J connectivity index is 1.76. The Hall–Kier alpha value is -3.08. The van der Waals surface area contributed by atoms with E-state index in [9.17, 15) is 0 Å². The van der Waals surface area contributed by atoms with Gasteiger partial charge in [0.15, 0.2) is 0 Å². The maximum Gasteiger partial charge on any atom is 0.277 e. The Labute approximate surface area is 147 Å². The highest BCUT2D eigenvalue weighted by atomic mass is 32.2. The number of nitrogen functional groups attached to an aromatic ring is 2. The second kappa shape index (κ2) is 7.21. The maximum atomic E-state index is 5.65. The van der Waals surface area contributed by atoms with E-state index < -0.39 is 0 Å². The van der Waals surface area contributed by atoms with Gasteiger partial charge in [-0.05, 0) is 12.1 Å². The molecule has 4 N–H and O–H groups in total. The molecule has 1 aromatic carbocycles. The number of aromatic nitrogens is 5. The first-order chi connectivity index (χ1) is 12.1. The molecule has 0 spiro atoms. The van der Waals surface area contributed by atoms with Crippen LogP contribution in [0.15, 0.2) is 27.8 Å². The van der Waals surface area contributed by atoms with Crippen LogP contribution < -0.4 is 20.9 Å². The number of ether oxygens (including phenoxy) is 2. The Bertz CT molecular complexity index is 866. The van der Waals surface area contributed by atoms with Crippen molar-refractivity contribution >= 4 is 23.7 Å². The predicted octanol–water partition coefficient (Wildman–Crippen LogP) is 1.40. The quantitative estimate of drug-likeness (QED) is 0.613. The van der Waals surface area contributed by atoms with Gasteiger partial charge in [0.2, 0.25) is 11.9 Å². The zero-order valence-electron chi connectivity index (χ0n) is 13.5. The number of anilines is 2. The van der Waals surface area contributed by atoms with Crippen LogP contribution in [0.1, 0.15) is 5.82 Å². The van der Waals surface area contributed by atoms with Crippen molar-refractivity contribution in [3.8, 4) is 23.0 Å². The van der Waals surface area contributed by atoms with E-state index >= 15 is 0 Å². The van der Waals surface area contributed by atoms with Crippen LogP contribution >= 0.6 is 11.8 Å². The van der Waals surface area contributed by atoms with Crippen molar-refractivity contribution in [2.75, 3.05) is 25.7 Å². The van der Waals surface area contributed by atoms with E-state index in [4.69, 9.17) is 25.4 Å². The summed E-state index contributed by atoms with van der Waals surface area (Å²) in [6.07, 6.45) is 0. The third-order valence-electron chi connectivity index (χ3n) is 3.09. The van der Waals surface area contributed by atoms with Crippen LogP contribution in [0.25, 0.3) is 11.5 Å². The summed E-state index contributed by atoms with van der Waals surface area (Å²) in [5, 5.41) is 8.39. The molecule has 0 radical (unpaired) electrons. The number of methoxy groups -OCH3 is 2. The van der Waals surface area contributed by atoms with E-state index in [-0.39, 0.29) is 11.9 Å².